The molecule has 0 N–H and O–H groups in total. The van der Waals surface area contributed by atoms with Crippen LogP contribution in [0.2, 0.25) is 0 Å². The number of hydrogen-bond donors (Lipinski definition) is 0. The Morgan fingerprint density at radius 3 is 2.19 bits per heavy atom. The summed E-state index contributed by atoms with van der Waals surface area (Å²) in [5.41, 5.74) is 0.610. The van der Waals surface area contributed by atoms with Crippen molar-refractivity contribution in [2.45, 2.75) is 58.5 Å². The van der Waals surface area contributed by atoms with Gasteiger partial charge in [-0.15, -0.1) is 0 Å². The number of amides is 1. The third-order valence-corrected chi connectivity index (χ3v) is 6.02. The smallest absolute Gasteiger partial charge is 0.416 e. The zero-order valence-corrected chi connectivity index (χ0v) is 20.6. The number of nitrogens with zero attached hydrogens (tertiary/aromatic N) is 3. The largest absolute Gasteiger partial charge is 0.444 e. The van der Waals surface area contributed by atoms with E-state index in [1.165, 1.54) is 21.6 Å². The highest BCUT2D eigenvalue weighted by atomic mass is 19.4. The molecule has 0 aliphatic carbocycles. The molecule has 1 aliphatic heterocycles. The number of aromatic nitrogens is 2. The van der Waals surface area contributed by atoms with Crippen LogP contribution < -0.4 is 5.56 Å². The molecule has 0 spiro atoms. The maximum Gasteiger partial charge on any atom is 0.416 e. The summed E-state index contributed by atoms with van der Waals surface area (Å²) >= 11 is 0. The van der Waals surface area contributed by atoms with Crippen molar-refractivity contribution in [2.24, 2.45) is 0 Å². The number of carbonyl (C=O) groups is 1. The topological polar surface area (TPSA) is 64.4 Å². The number of carbonyl (C=O) groups excluding carboxylic acids is 1. The zero-order valence-electron chi connectivity index (χ0n) is 20.6. The summed E-state index contributed by atoms with van der Waals surface area (Å²) in [6, 6.07) is 13.3. The number of alkyl halides is 3. The Hall–Kier alpha value is -3.62. The van der Waals surface area contributed by atoms with Gasteiger partial charge in [-0.1, -0.05) is 42.5 Å². The van der Waals surface area contributed by atoms with Gasteiger partial charge >= 0.3 is 12.3 Å². The van der Waals surface area contributed by atoms with Gasteiger partial charge in [0, 0.05) is 12.1 Å². The van der Waals surface area contributed by atoms with Crippen molar-refractivity contribution in [2.75, 3.05) is 6.54 Å². The second-order valence-corrected chi connectivity index (χ2v) is 9.84. The van der Waals surface area contributed by atoms with E-state index in [4.69, 9.17) is 4.74 Å². The van der Waals surface area contributed by atoms with Gasteiger partial charge in [-0.2, -0.15) is 13.2 Å². The second-order valence-electron chi connectivity index (χ2n) is 9.84. The minimum atomic E-state index is -4.46. The highest BCUT2D eigenvalue weighted by Gasteiger charge is 2.32. The fourth-order valence-electron chi connectivity index (χ4n) is 4.39. The molecule has 0 saturated heterocycles. The quantitative estimate of drug-likeness (QED) is 0.477. The number of aryl methyl sites for hydroxylation is 1. The fraction of sp³-hybridized carbons (Fsp3) is 0.370. The van der Waals surface area contributed by atoms with Crippen LogP contribution in [0.5, 0.6) is 0 Å². The van der Waals surface area contributed by atoms with Crippen molar-refractivity contribution in [1.82, 2.24) is 14.5 Å². The molecular formula is C27H28F3N3O3. The van der Waals surface area contributed by atoms with Crippen molar-refractivity contribution < 1.29 is 22.7 Å². The lowest BCUT2D eigenvalue weighted by molar-refractivity contribution is -0.137. The maximum atomic E-state index is 13.8. The van der Waals surface area contributed by atoms with Crippen LogP contribution in [-0.2, 0) is 23.9 Å². The average Bonchev–Trinajstić information content (AvgIpc) is 2.80. The molecule has 0 fully saturated rings. The number of rotatable bonds is 3. The summed E-state index contributed by atoms with van der Waals surface area (Å²) in [6.45, 7) is 7.50. The Bertz CT molecular complexity index is 1310. The Kier molecular flexibility index (Phi) is 6.68. The van der Waals surface area contributed by atoms with Crippen molar-refractivity contribution in [3.8, 4) is 0 Å². The second kappa shape index (κ2) is 9.44. The average molecular weight is 500 g/mol. The third-order valence-electron chi connectivity index (χ3n) is 6.02. The predicted octanol–water partition coefficient (Wildman–Crippen LogP) is 5.50. The Morgan fingerprint density at radius 2 is 1.61 bits per heavy atom. The molecule has 1 amide bonds. The summed E-state index contributed by atoms with van der Waals surface area (Å²) in [7, 11) is 0. The highest BCUT2D eigenvalue weighted by Crippen LogP contribution is 2.32. The van der Waals surface area contributed by atoms with Gasteiger partial charge in [0.05, 0.1) is 23.8 Å². The van der Waals surface area contributed by atoms with E-state index in [-0.39, 0.29) is 12.1 Å². The molecule has 1 aromatic heterocycles. The van der Waals surface area contributed by atoms with Crippen LogP contribution in [0.3, 0.4) is 0 Å². The Morgan fingerprint density at radius 1 is 1.00 bits per heavy atom. The normalized spacial score (nSPS) is 14.8. The van der Waals surface area contributed by atoms with Crippen LogP contribution in [0.15, 0.2) is 59.4 Å². The Balaban J connectivity index is 1.77. The van der Waals surface area contributed by atoms with Crippen molar-refractivity contribution in [3.05, 3.63) is 98.7 Å². The number of benzene rings is 2. The van der Waals surface area contributed by atoms with Crippen LogP contribution in [-0.4, -0.2) is 32.7 Å². The van der Waals surface area contributed by atoms with Gasteiger partial charge in [-0.3, -0.25) is 9.36 Å². The summed E-state index contributed by atoms with van der Waals surface area (Å²) in [6.07, 6.45) is -4.63. The molecule has 9 heteroatoms. The van der Waals surface area contributed by atoms with Crippen LogP contribution in [0, 0.1) is 6.92 Å². The van der Waals surface area contributed by atoms with E-state index in [1.54, 1.807) is 27.7 Å². The first-order chi connectivity index (χ1) is 16.8. The molecule has 6 nitrogen and oxygen atoms in total. The summed E-state index contributed by atoms with van der Waals surface area (Å²) in [4.78, 5) is 32.5. The molecular weight excluding hydrogens is 471 g/mol. The van der Waals surface area contributed by atoms with E-state index in [0.717, 1.165) is 17.7 Å². The van der Waals surface area contributed by atoms with Gasteiger partial charge in [-0.25, -0.2) is 9.78 Å². The lowest BCUT2D eigenvalue weighted by Gasteiger charge is -2.32. The first-order valence-electron chi connectivity index (χ1n) is 11.7. The third kappa shape index (κ3) is 5.29. The molecule has 0 saturated carbocycles. The monoisotopic (exact) mass is 499 g/mol. The number of hydrogen-bond acceptors (Lipinski definition) is 4. The van der Waals surface area contributed by atoms with Gasteiger partial charge in [0.2, 0.25) is 0 Å². The van der Waals surface area contributed by atoms with Gasteiger partial charge in [0.15, 0.2) is 0 Å². The van der Waals surface area contributed by atoms with E-state index in [9.17, 15) is 22.8 Å². The summed E-state index contributed by atoms with van der Waals surface area (Å²) in [5.74, 6) is 0.401. The maximum absolute atomic E-state index is 13.8. The van der Waals surface area contributed by atoms with E-state index in [1.807, 2.05) is 30.3 Å². The minimum Gasteiger partial charge on any atom is -0.444 e. The molecule has 2 heterocycles. The molecule has 0 radical (unpaired) electrons. The number of fused-ring (bicyclic) bond motifs is 1. The minimum absolute atomic E-state index is 0.150. The van der Waals surface area contributed by atoms with E-state index < -0.39 is 29.5 Å². The van der Waals surface area contributed by atoms with Crippen LogP contribution in [0.1, 0.15) is 60.6 Å². The molecule has 4 rings (SSSR count). The van der Waals surface area contributed by atoms with Gasteiger partial charge in [0.25, 0.3) is 5.56 Å². The highest BCUT2D eigenvalue weighted by molar-refractivity contribution is 5.68. The molecule has 190 valence electrons. The van der Waals surface area contributed by atoms with E-state index in [2.05, 4.69) is 4.98 Å². The van der Waals surface area contributed by atoms with Gasteiger partial charge in [-0.05, 0) is 57.4 Å². The van der Waals surface area contributed by atoms with Gasteiger partial charge < -0.3 is 9.64 Å². The van der Waals surface area contributed by atoms with Crippen LogP contribution in [0.25, 0.3) is 0 Å². The first kappa shape index (κ1) is 25.5. The molecule has 2 aromatic carbocycles. The lowest BCUT2D eigenvalue weighted by atomic mass is 9.96. The lowest BCUT2D eigenvalue weighted by Crippen LogP contribution is -2.43. The standard InChI is InChI=1S/C27H28F3N3O3/c1-17-31-22-16-32(25(35)36-26(2,3)4)15-14-21(22)24(34)33(17)23(18-8-6-5-7-9-18)19-10-12-20(13-11-19)27(28,29)30/h5-13,23H,14-16H2,1-4H3. The first-order valence-corrected chi connectivity index (χ1v) is 11.7. The fourth-order valence-corrected chi connectivity index (χ4v) is 4.39. The van der Waals surface area contributed by atoms with E-state index >= 15 is 0 Å². The predicted molar refractivity (Wildman–Crippen MR) is 129 cm³/mol. The van der Waals surface area contributed by atoms with Crippen LogP contribution >= 0.6 is 0 Å². The zero-order chi connectivity index (χ0) is 26.3. The van der Waals surface area contributed by atoms with E-state index in [0.29, 0.717) is 35.6 Å². The number of ether oxygens (including phenoxy) is 1. The SMILES string of the molecule is Cc1nc2c(c(=O)n1C(c1ccccc1)c1ccc(C(F)(F)F)cc1)CCN(C(=O)OC(C)(C)C)C2. The van der Waals surface area contributed by atoms with Crippen molar-refractivity contribution in [3.63, 3.8) is 0 Å². The molecule has 3 aromatic rings. The molecule has 1 atom stereocenters. The number of halogens is 3. The van der Waals surface area contributed by atoms with Crippen LogP contribution in [0.4, 0.5) is 18.0 Å². The summed E-state index contributed by atoms with van der Waals surface area (Å²) in [5, 5.41) is 0. The van der Waals surface area contributed by atoms with Crippen molar-refractivity contribution >= 4 is 6.09 Å². The van der Waals surface area contributed by atoms with Crippen molar-refractivity contribution in [1.29, 1.82) is 0 Å². The Labute approximate surface area is 207 Å². The molecule has 1 aliphatic rings. The van der Waals surface area contributed by atoms with Gasteiger partial charge in [0.1, 0.15) is 11.4 Å². The molecule has 0 bridgehead atoms. The summed E-state index contributed by atoms with van der Waals surface area (Å²) < 4.78 is 46.5. The molecule has 1 unspecified atom stereocenters. The molecule has 36 heavy (non-hydrogen) atoms.